The fourth-order valence-electron chi connectivity index (χ4n) is 2.19. The zero-order valence-corrected chi connectivity index (χ0v) is 16.1. The largest absolute Gasteiger partial charge is 0.497 e. The van der Waals surface area contributed by atoms with Gasteiger partial charge in [0, 0.05) is 0 Å². The Morgan fingerprint density at radius 2 is 1.75 bits per heavy atom. The van der Waals surface area contributed by atoms with Crippen LogP contribution in [0.1, 0.15) is 5.56 Å². The van der Waals surface area contributed by atoms with Gasteiger partial charge in [-0.25, -0.2) is 5.43 Å². The average Bonchev–Trinajstić information content (AvgIpc) is 3.21. The second-order valence-electron chi connectivity index (χ2n) is 5.43. The van der Waals surface area contributed by atoms with Crippen LogP contribution in [0.25, 0.3) is 5.69 Å². The van der Waals surface area contributed by atoms with Crippen LogP contribution in [-0.4, -0.2) is 52.3 Å². The number of benzene rings is 2. The van der Waals surface area contributed by atoms with E-state index in [0.717, 1.165) is 22.7 Å². The summed E-state index contributed by atoms with van der Waals surface area (Å²) in [6.45, 7) is 0. The first-order valence-electron chi connectivity index (χ1n) is 8.21. The molecule has 1 aromatic heterocycles. The third kappa shape index (κ3) is 5.07. The number of carbonyl (C=O) groups is 1. The van der Waals surface area contributed by atoms with Crippen LogP contribution >= 0.6 is 11.8 Å². The molecule has 9 nitrogen and oxygen atoms in total. The smallest absolute Gasteiger partial charge is 0.250 e. The Labute approximate surface area is 165 Å². The monoisotopic (exact) mass is 398 g/mol. The summed E-state index contributed by atoms with van der Waals surface area (Å²) in [6, 6.07) is 14.6. The lowest BCUT2D eigenvalue weighted by atomic mass is 10.2. The maximum atomic E-state index is 12.0. The van der Waals surface area contributed by atoms with E-state index >= 15 is 0 Å². The van der Waals surface area contributed by atoms with Crippen molar-refractivity contribution in [1.29, 1.82) is 0 Å². The number of thioether (sulfide) groups is 1. The molecule has 3 rings (SSSR count). The van der Waals surface area contributed by atoms with Crippen molar-refractivity contribution in [1.82, 2.24) is 25.6 Å². The van der Waals surface area contributed by atoms with Gasteiger partial charge in [-0.05, 0) is 64.5 Å². The van der Waals surface area contributed by atoms with Crippen LogP contribution in [0, 0.1) is 0 Å². The van der Waals surface area contributed by atoms with Crippen molar-refractivity contribution < 1.29 is 14.3 Å². The van der Waals surface area contributed by atoms with E-state index in [0.29, 0.717) is 5.16 Å². The third-order valence-electron chi connectivity index (χ3n) is 3.61. The number of hydrogen-bond donors (Lipinski definition) is 1. The van der Waals surface area contributed by atoms with Gasteiger partial charge in [0.25, 0.3) is 5.91 Å². The van der Waals surface area contributed by atoms with Crippen molar-refractivity contribution in [3.8, 4) is 17.2 Å². The first kappa shape index (κ1) is 19.4. The molecular formula is C18H18N6O3S. The number of nitrogens with zero attached hydrogens (tertiary/aromatic N) is 5. The van der Waals surface area contributed by atoms with Crippen LogP contribution in [0.5, 0.6) is 11.5 Å². The number of hydrazone groups is 1. The van der Waals surface area contributed by atoms with Gasteiger partial charge in [0.1, 0.15) is 11.5 Å². The van der Waals surface area contributed by atoms with E-state index in [-0.39, 0.29) is 11.7 Å². The van der Waals surface area contributed by atoms with Gasteiger partial charge in [0.15, 0.2) is 0 Å². The molecule has 28 heavy (non-hydrogen) atoms. The number of carbonyl (C=O) groups excluding carboxylic acids is 1. The van der Waals surface area contributed by atoms with Gasteiger partial charge >= 0.3 is 0 Å². The van der Waals surface area contributed by atoms with Gasteiger partial charge in [0.2, 0.25) is 5.16 Å². The van der Waals surface area contributed by atoms with Gasteiger partial charge in [-0.3, -0.25) is 4.79 Å². The van der Waals surface area contributed by atoms with Gasteiger partial charge in [0.05, 0.1) is 31.9 Å². The predicted octanol–water partition coefficient (Wildman–Crippen LogP) is 1.92. The number of nitrogens with one attached hydrogen (secondary N) is 1. The third-order valence-corrected chi connectivity index (χ3v) is 4.53. The molecule has 1 N–H and O–H groups in total. The topological polar surface area (TPSA) is 104 Å². The molecule has 0 bridgehead atoms. The fraction of sp³-hybridized carbons (Fsp3) is 0.167. The van der Waals surface area contributed by atoms with Crippen molar-refractivity contribution in [2.45, 2.75) is 5.16 Å². The lowest BCUT2D eigenvalue weighted by Crippen LogP contribution is -2.20. The number of ether oxygens (including phenoxy) is 2. The summed E-state index contributed by atoms with van der Waals surface area (Å²) < 4.78 is 11.8. The van der Waals surface area contributed by atoms with Gasteiger partial charge in [-0.15, -0.1) is 5.10 Å². The van der Waals surface area contributed by atoms with Crippen molar-refractivity contribution in [3.63, 3.8) is 0 Å². The van der Waals surface area contributed by atoms with E-state index in [2.05, 4.69) is 26.1 Å². The van der Waals surface area contributed by atoms with Crippen molar-refractivity contribution in [2.75, 3.05) is 20.0 Å². The normalized spacial score (nSPS) is 10.8. The van der Waals surface area contributed by atoms with E-state index < -0.39 is 0 Å². The van der Waals surface area contributed by atoms with Crippen LogP contribution in [0.3, 0.4) is 0 Å². The van der Waals surface area contributed by atoms with Crippen molar-refractivity contribution in [2.24, 2.45) is 5.10 Å². The van der Waals surface area contributed by atoms with Crippen LogP contribution in [0.4, 0.5) is 0 Å². The predicted molar refractivity (Wildman–Crippen MR) is 105 cm³/mol. The summed E-state index contributed by atoms with van der Waals surface area (Å²) in [5, 5.41) is 16.0. The molecule has 0 saturated heterocycles. The lowest BCUT2D eigenvalue weighted by molar-refractivity contribution is -0.118. The summed E-state index contributed by atoms with van der Waals surface area (Å²) in [7, 11) is 3.20. The number of tetrazole rings is 1. The van der Waals surface area contributed by atoms with E-state index in [1.54, 1.807) is 25.1 Å². The first-order chi connectivity index (χ1) is 13.7. The van der Waals surface area contributed by atoms with Crippen LogP contribution in [0.15, 0.2) is 58.8 Å². The number of aromatic nitrogens is 4. The Bertz CT molecular complexity index is 941. The second-order valence-corrected chi connectivity index (χ2v) is 6.37. The Morgan fingerprint density at radius 3 is 2.39 bits per heavy atom. The summed E-state index contributed by atoms with van der Waals surface area (Å²) in [5.74, 6) is 1.35. The molecule has 0 aliphatic rings. The lowest BCUT2D eigenvalue weighted by Gasteiger charge is -2.05. The number of methoxy groups -OCH3 is 2. The van der Waals surface area contributed by atoms with Crippen LogP contribution in [-0.2, 0) is 4.79 Å². The highest BCUT2D eigenvalue weighted by Gasteiger charge is 2.11. The van der Waals surface area contributed by atoms with Crippen LogP contribution in [0.2, 0.25) is 0 Å². The van der Waals surface area contributed by atoms with E-state index in [9.17, 15) is 4.79 Å². The highest BCUT2D eigenvalue weighted by atomic mass is 32.2. The Morgan fingerprint density at radius 1 is 1.11 bits per heavy atom. The molecule has 0 unspecified atom stereocenters. The number of amides is 1. The summed E-state index contributed by atoms with van der Waals surface area (Å²) in [6.07, 6.45) is 1.56. The molecule has 1 heterocycles. The van der Waals surface area contributed by atoms with E-state index in [1.165, 1.54) is 11.8 Å². The molecule has 0 aliphatic carbocycles. The molecule has 10 heteroatoms. The van der Waals surface area contributed by atoms with E-state index in [4.69, 9.17) is 9.47 Å². The molecule has 0 radical (unpaired) electrons. The van der Waals surface area contributed by atoms with Gasteiger partial charge < -0.3 is 9.47 Å². The molecule has 0 saturated carbocycles. The molecular weight excluding hydrogens is 380 g/mol. The maximum Gasteiger partial charge on any atom is 0.250 e. The molecule has 3 aromatic rings. The van der Waals surface area contributed by atoms with Crippen LogP contribution < -0.4 is 14.9 Å². The Hall–Kier alpha value is -3.40. The summed E-state index contributed by atoms with van der Waals surface area (Å²) in [4.78, 5) is 12.0. The SMILES string of the molecule is COc1ccc(/C=N/NC(=O)CSc2nnnn2-c2ccc(OC)cc2)cc1. The Kier molecular flexibility index (Phi) is 6.58. The minimum absolute atomic E-state index is 0.122. The minimum Gasteiger partial charge on any atom is -0.497 e. The zero-order chi connectivity index (χ0) is 19.8. The van der Waals surface area contributed by atoms with Gasteiger partial charge in [-0.2, -0.15) is 9.78 Å². The molecule has 0 atom stereocenters. The maximum absolute atomic E-state index is 12.0. The summed E-state index contributed by atoms with van der Waals surface area (Å²) >= 11 is 1.21. The Balaban J connectivity index is 1.53. The zero-order valence-electron chi connectivity index (χ0n) is 15.3. The van der Waals surface area contributed by atoms with Crippen molar-refractivity contribution >= 4 is 23.9 Å². The fourth-order valence-corrected chi connectivity index (χ4v) is 2.87. The second kappa shape index (κ2) is 9.51. The van der Waals surface area contributed by atoms with Crippen molar-refractivity contribution in [3.05, 3.63) is 54.1 Å². The number of hydrogen-bond acceptors (Lipinski definition) is 8. The first-order valence-corrected chi connectivity index (χ1v) is 9.19. The molecule has 144 valence electrons. The highest BCUT2D eigenvalue weighted by Crippen LogP contribution is 2.20. The van der Waals surface area contributed by atoms with E-state index in [1.807, 2.05) is 48.5 Å². The molecule has 0 aliphatic heterocycles. The molecule has 0 fully saturated rings. The average molecular weight is 398 g/mol. The highest BCUT2D eigenvalue weighted by molar-refractivity contribution is 7.99. The summed E-state index contributed by atoms with van der Waals surface area (Å²) in [5.41, 5.74) is 4.09. The number of rotatable bonds is 8. The van der Waals surface area contributed by atoms with Gasteiger partial charge in [-0.1, -0.05) is 11.8 Å². The minimum atomic E-state index is -0.265. The molecule has 1 amide bonds. The molecule has 0 spiro atoms. The standard InChI is InChI=1S/C18H18N6O3S/c1-26-15-7-3-13(4-8-15)11-19-20-17(25)12-28-18-21-22-23-24(18)14-5-9-16(27-2)10-6-14/h3-11H,12H2,1-2H3,(H,20,25)/b19-11+. The quantitative estimate of drug-likeness (QED) is 0.351. The molecule has 2 aromatic carbocycles.